The summed E-state index contributed by atoms with van der Waals surface area (Å²) in [7, 11) is 0. The summed E-state index contributed by atoms with van der Waals surface area (Å²) in [5.74, 6) is -0.0648. The molecule has 5 heteroatoms. The molecule has 5 nitrogen and oxygen atoms in total. The van der Waals surface area contributed by atoms with Gasteiger partial charge in [-0.2, -0.15) is 0 Å². The van der Waals surface area contributed by atoms with Crippen LogP contribution < -0.4 is 0 Å². The standard InChI is InChI=1S/C7H11NO4/c9-4-2-8-3(1-5(8)10)6(11)7(4)12/h3-4,6-7,9,11-12H,1-2H2/t3-,4+,6+,7-/m0/s1. The predicted octanol–water partition coefficient (Wildman–Crippen LogP) is -2.32. The smallest absolute Gasteiger partial charge is 0.225 e. The van der Waals surface area contributed by atoms with Crippen LogP contribution in [0.1, 0.15) is 6.42 Å². The van der Waals surface area contributed by atoms with E-state index < -0.39 is 18.3 Å². The molecule has 2 saturated heterocycles. The van der Waals surface area contributed by atoms with Crippen molar-refractivity contribution < 1.29 is 20.1 Å². The van der Waals surface area contributed by atoms with Crippen molar-refractivity contribution in [1.82, 2.24) is 4.90 Å². The van der Waals surface area contributed by atoms with Crippen molar-refractivity contribution in [3.05, 3.63) is 0 Å². The van der Waals surface area contributed by atoms with Gasteiger partial charge in [0.1, 0.15) is 18.3 Å². The maximum atomic E-state index is 10.9. The summed E-state index contributed by atoms with van der Waals surface area (Å²) in [5.41, 5.74) is 0. The first kappa shape index (κ1) is 7.97. The minimum atomic E-state index is -1.11. The normalized spacial score (nSPS) is 46.9. The molecule has 2 aliphatic heterocycles. The Balaban J connectivity index is 2.12. The quantitative estimate of drug-likeness (QED) is 0.359. The highest BCUT2D eigenvalue weighted by Crippen LogP contribution is 2.29. The summed E-state index contributed by atoms with van der Waals surface area (Å²) >= 11 is 0. The summed E-state index contributed by atoms with van der Waals surface area (Å²) < 4.78 is 0. The molecule has 12 heavy (non-hydrogen) atoms. The fraction of sp³-hybridized carbons (Fsp3) is 0.857. The van der Waals surface area contributed by atoms with Crippen LogP contribution in [0.15, 0.2) is 0 Å². The highest BCUT2D eigenvalue weighted by molar-refractivity contribution is 5.83. The molecule has 0 aromatic carbocycles. The first-order chi connectivity index (χ1) is 5.61. The highest BCUT2D eigenvalue weighted by atomic mass is 16.4. The maximum absolute atomic E-state index is 10.9. The van der Waals surface area contributed by atoms with Gasteiger partial charge in [0, 0.05) is 13.0 Å². The molecule has 0 aliphatic carbocycles. The molecule has 4 atom stereocenters. The molecular formula is C7H11NO4. The zero-order chi connectivity index (χ0) is 8.88. The summed E-state index contributed by atoms with van der Waals surface area (Å²) in [6.07, 6.45) is -2.84. The van der Waals surface area contributed by atoms with Gasteiger partial charge in [0.05, 0.1) is 6.04 Å². The van der Waals surface area contributed by atoms with Crippen molar-refractivity contribution >= 4 is 5.91 Å². The molecular weight excluding hydrogens is 162 g/mol. The van der Waals surface area contributed by atoms with E-state index in [1.54, 1.807) is 0 Å². The summed E-state index contributed by atoms with van der Waals surface area (Å²) in [5, 5.41) is 27.8. The molecule has 1 amide bonds. The topological polar surface area (TPSA) is 81.0 Å². The number of aliphatic hydroxyl groups is 3. The number of amides is 1. The van der Waals surface area contributed by atoms with E-state index in [-0.39, 0.29) is 24.9 Å². The molecule has 0 aromatic rings. The molecule has 68 valence electrons. The fourth-order valence-electron chi connectivity index (χ4n) is 1.79. The lowest BCUT2D eigenvalue weighted by atomic mass is 9.85. The van der Waals surface area contributed by atoms with Gasteiger partial charge in [0.2, 0.25) is 5.91 Å². The number of carbonyl (C=O) groups is 1. The van der Waals surface area contributed by atoms with Gasteiger partial charge in [0.25, 0.3) is 0 Å². The first-order valence-electron chi connectivity index (χ1n) is 3.95. The number of carbonyl (C=O) groups excluding carboxylic acids is 1. The minimum Gasteiger partial charge on any atom is -0.388 e. The Morgan fingerprint density at radius 3 is 2.50 bits per heavy atom. The predicted molar refractivity (Wildman–Crippen MR) is 38.1 cm³/mol. The molecule has 0 radical (unpaired) electrons. The number of hydrogen-bond donors (Lipinski definition) is 3. The van der Waals surface area contributed by atoms with Crippen molar-refractivity contribution in [2.75, 3.05) is 6.54 Å². The molecule has 3 N–H and O–H groups in total. The van der Waals surface area contributed by atoms with Crippen LogP contribution in [-0.2, 0) is 4.79 Å². The van der Waals surface area contributed by atoms with Gasteiger partial charge in [0.15, 0.2) is 0 Å². The second-order valence-corrected chi connectivity index (χ2v) is 3.37. The van der Waals surface area contributed by atoms with Crippen molar-refractivity contribution in [2.45, 2.75) is 30.8 Å². The third-order valence-corrected chi connectivity index (χ3v) is 2.63. The lowest BCUT2D eigenvalue weighted by molar-refractivity contribution is -0.185. The van der Waals surface area contributed by atoms with Gasteiger partial charge in [-0.15, -0.1) is 0 Å². The van der Waals surface area contributed by atoms with E-state index in [9.17, 15) is 20.1 Å². The lowest BCUT2D eigenvalue weighted by Crippen LogP contribution is -2.69. The molecule has 2 aliphatic rings. The van der Waals surface area contributed by atoms with Gasteiger partial charge < -0.3 is 20.2 Å². The van der Waals surface area contributed by atoms with Crippen LogP contribution in [0.4, 0.5) is 0 Å². The number of nitrogens with zero attached hydrogens (tertiary/aromatic N) is 1. The Hall–Kier alpha value is -0.650. The van der Waals surface area contributed by atoms with Crippen molar-refractivity contribution in [3.63, 3.8) is 0 Å². The number of rotatable bonds is 0. The third-order valence-electron chi connectivity index (χ3n) is 2.63. The number of piperidine rings is 1. The molecule has 2 rings (SSSR count). The first-order valence-corrected chi connectivity index (χ1v) is 3.95. The second kappa shape index (κ2) is 2.42. The number of hydrogen-bond acceptors (Lipinski definition) is 4. The Bertz CT molecular complexity index is 219. The Labute approximate surface area is 69.2 Å². The summed E-state index contributed by atoms with van der Waals surface area (Å²) in [6, 6.07) is -0.282. The lowest BCUT2D eigenvalue weighted by Gasteiger charge is -2.50. The van der Waals surface area contributed by atoms with Gasteiger partial charge in [-0.1, -0.05) is 0 Å². The second-order valence-electron chi connectivity index (χ2n) is 3.37. The van der Waals surface area contributed by atoms with Crippen LogP contribution in [0, 0.1) is 0 Å². The van der Waals surface area contributed by atoms with Crippen LogP contribution in [0.5, 0.6) is 0 Å². The number of β-lactam (4-membered cyclic amide) rings is 1. The van der Waals surface area contributed by atoms with Gasteiger partial charge in [-0.05, 0) is 0 Å². The highest BCUT2D eigenvalue weighted by Gasteiger charge is 2.49. The largest absolute Gasteiger partial charge is 0.388 e. The van der Waals surface area contributed by atoms with Crippen LogP contribution in [-0.4, -0.2) is 57.0 Å². The van der Waals surface area contributed by atoms with Crippen molar-refractivity contribution in [1.29, 1.82) is 0 Å². The molecule has 2 fully saturated rings. The molecule has 0 spiro atoms. The number of aliphatic hydroxyl groups excluding tert-OH is 3. The van der Waals surface area contributed by atoms with E-state index in [2.05, 4.69) is 0 Å². The molecule has 2 heterocycles. The molecule has 0 aromatic heterocycles. The SMILES string of the molecule is O=C1C[C@H]2[C@@H](O)[C@@H](O)[C@H](O)CN12. The van der Waals surface area contributed by atoms with Crippen LogP contribution in [0.25, 0.3) is 0 Å². The monoisotopic (exact) mass is 173 g/mol. The Morgan fingerprint density at radius 2 is 1.92 bits per heavy atom. The van der Waals surface area contributed by atoms with Gasteiger partial charge in [-0.3, -0.25) is 4.79 Å². The van der Waals surface area contributed by atoms with E-state index in [4.69, 9.17) is 0 Å². The average Bonchev–Trinajstić information content (AvgIpc) is 2.05. The Kier molecular flexibility index (Phi) is 1.61. The van der Waals surface area contributed by atoms with Crippen molar-refractivity contribution in [2.24, 2.45) is 0 Å². The summed E-state index contributed by atoms with van der Waals surface area (Å²) in [6.45, 7) is 0.141. The summed E-state index contributed by atoms with van der Waals surface area (Å²) in [4.78, 5) is 12.3. The van der Waals surface area contributed by atoms with E-state index >= 15 is 0 Å². The zero-order valence-electron chi connectivity index (χ0n) is 6.42. The maximum Gasteiger partial charge on any atom is 0.225 e. The van der Waals surface area contributed by atoms with Gasteiger partial charge in [-0.25, -0.2) is 0 Å². The van der Waals surface area contributed by atoms with E-state index in [1.807, 2.05) is 0 Å². The molecule has 0 unspecified atom stereocenters. The average molecular weight is 173 g/mol. The third kappa shape index (κ3) is 0.872. The van der Waals surface area contributed by atoms with Gasteiger partial charge >= 0.3 is 0 Å². The van der Waals surface area contributed by atoms with E-state index in [0.29, 0.717) is 0 Å². The van der Waals surface area contributed by atoms with E-state index in [1.165, 1.54) is 4.90 Å². The van der Waals surface area contributed by atoms with Crippen molar-refractivity contribution in [3.8, 4) is 0 Å². The molecule has 0 bridgehead atoms. The minimum absolute atomic E-state index is 0.0648. The molecule has 0 saturated carbocycles. The number of fused-ring (bicyclic) bond motifs is 1. The van der Waals surface area contributed by atoms with Crippen LogP contribution in [0.2, 0.25) is 0 Å². The fourth-order valence-corrected chi connectivity index (χ4v) is 1.79. The Morgan fingerprint density at radius 1 is 1.25 bits per heavy atom. The van der Waals surface area contributed by atoms with Crippen LogP contribution >= 0.6 is 0 Å². The zero-order valence-corrected chi connectivity index (χ0v) is 6.42. The van der Waals surface area contributed by atoms with Crippen LogP contribution in [0.3, 0.4) is 0 Å². The van der Waals surface area contributed by atoms with E-state index in [0.717, 1.165) is 0 Å².